The Balaban J connectivity index is 0.897. The lowest BCUT2D eigenvalue weighted by Crippen LogP contribution is -2.78. The number of fused-ring (bicyclic) bond motifs is 9. The van der Waals surface area contributed by atoms with Gasteiger partial charge in [0.05, 0.1) is 11.0 Å². The Bertz CT molecular complexity index is 3170. The highest BCUT2D eigenvalue weighted by Crippen LogP contribution is 2.89. The second-order valence-corrected chi connectivity index (χ2v) is 31.1. The Morgan fingerprint density at radius 3 is 2.56 bits per heavy atom. The lowest BCUT2D eigenvalue weighted by atomic mass is 9.27. The zero-order valence-electron chi connectivity index (χ0n) is 47.7. The van der Waals surface area contributed by atoms with Gasteiger partial charge in [-0.2, -0.15) is 0 Å². The van der Waals surface area contributed by atoms with Crippen LogP contribution < -0.4 is 5.73 Å². The van der Waals surface area contributed by atoms with Gasteiger partial charge in [0.15, 0.2) is 11.4 Å². The van der Waals surface area contributed by atoms with Crippen molar-refractivity contribution in [1.29, 1.82) is 0 Å². The molecule has 6 saturated carbocycles. The van der Waals surface area contributed by atoms with Crippen LogP contribution in [0.1, 0.15) is 195 Å². The molecule has 0 amide bonds. The molecular formula is C72H87N3O5. The zero-order valence-corrected chi connectivity index (χ0v) is 47.7. The van der Waals surface area contributed by atoms with Crippen molar-refractivity contribution in [2.75, 3.05) is 19.6 Å². The van der Waals surface area contributed by atoms with Crippen molar-refractivity contribution in [3.8, 4) is 11.8 Å². The maximum Gasteiger partial charge on any atom is 0.339 e. The van der Waals surface area contributed by atoms with Gasteiger partial charge >= 0.3 is 11.9 Å². The van der Waals surface area contributed by atoms with Gasteiger partial charge in [0.2, 0.25) is 0 Å². The summed E-state index contributed by atoms with van der Waals surface area (Å²) in [4.78, 5) is 38.7. The number of esters is 2. The van der Waals surface area contributed by atoms with Crippen molar-refractivity contribution in [2.24, 2.45) is 104 Å². The van der Waals surface area contributed by atoms with E-state index in [-0.39, 0.29) is 53.0 Å². The molecule has 3 saturated heterocycles. The number of nitrogens with two attached hydrogens (primary N) is 1. The van der Waals surface area contributed by atoms with Gasteiger partial charge in [0.25, 0.3) is 0 Å². The quantitative estimate of drug-likeness (QED) is 0.175. The Labute approximate surface area is 475 Å². The number of hydrogen-bond donors (Lipinski definition) is 2. The first-order valence-electron chi connectivity index (χ1n) is 33.7. The van der Waals surface area contributed by atoms with Gasteiger partial charge in [-0.05, 0) is 210 Å². The molecule has 420 valence electrons. The third-order valence-electron chi connectivity index (χ3n) is 29.4. The van der Waals surface area contributed by atoms with Crippen LogP contribution in [-0.2, 0) is 26.3 Å². The normalized spacial score (nSPS) is 48.8. The lowest BCUT2D eigenvalue weighted by Gasteiger charge is -2.73. The minimum Gasteiger partial charge on any atom is -0.509 e. The molecule has 1 aromatic carbocycles. The molecule has 11 aliphatic carbocycles. The van der Waals surface area contributed by atoms with E-state index in [2.05, 4.69) is 64.1 Å². The molecule has 80 heavy (non-hydrogen) atoms. The van der Waals surface area contributed by atoms with Crippen LogP contribution in [0.2, 0.25) is 0 Å². The Hall–Kier alpha value is -4.06. The predicted molar refractivity (Wildman–Crippen MR) is 306 cm³/mol. The summed E-state index contributed by atoms with van der Waals surface area (Å²) in [5.74, 6) is 12.8. The van der Waals surface area contributed by atoms with E-state index < -0.39 is 16.4 Å². The van der Waals surface area contributed by atoms with E-state index in [1.807, 2.05) is 0 Å². The summed E-state index contributed by atoms with van der Waals surface area (Å²) in [6.45, 7) is 2.72. The molecule has 0 radical (unpaired) electrons. The van der Waals surface area contributed by atoms with Crippen molar-refractivity contribution in [3.63, 3.8) is 0 Å². The molecule has 9 fully saturated rings. The Kier molecular flexibility index (Phi) is 9.92. The highest BCUT2D eigenvalue weighted by Gasteiger charge is 2.94. The average Bonchev–Trinajstić information content (AvgIpc) is 1.38. The molecule has 19 unspecified atom stereocenters. The fraction of sp³-hybridized carbons (Fsp3) is 0.722. The highest BCUT2D eigenvalue weighted by molar-refractivity contribution is 6.00. The largest absolute Gasteiger partial charge is 0.509 e. The molecule has 8 heteroatoms. The van der Waals surface area contributed by atoms with Gasteiger partial charge in [0, 0.05) is 79.0 Å². The molecule has 10 bridgehead atoms. The summed E-state index contributed by atoms with van der Waals surface area (Å²) < 4.78 is 15.0. The predicted octanol–water partition coefficient (Wildman–Crippen LogP) is 13.3. The third-order valence-corrected chi connectivity index (χ3v) is 29.4. The SMILES string of the molecule is NCCCc1cccc2c1C(=O)OC21C2CC(C3CCCC3)C=CC3C4=C5CCC16C(=C(O)CC1C7CC8(CCCC8)C8(CCCC89CCCC9C#CCC8C9CC(CN81)C1CCC8=C(C5C5C(CC=CC35)C8)N1C9)C7)OC(=O)C426. The van der Waals surface area contributed by atoms with E-state index in [4.69, 9.17) is 15.2 Å². The number of carbonyl (C=O) groups is 2. The topological polar surface area (TPSA) is 105 Å². The summed E-state index contributed by atoms with van der Waals surface area (Å²) in [5, 5.41) is 14.3. The first-order chi connectivity index (χ1) is 39.2. The first kappa shape index (κ1) is 48.3. The Morgan fingerprint density at radius 2 is 1.68 bits per heavy atom. The smallest absolute Gasteiger partial charge is 0.339 e. The molecule has 1 aromatic rings. The molecule has 19 rings (SSSR count). The minimum absolute atomic E-state index is 0.0393. The van der Waals surface area contributed by atoms with Crippen molar-refractivity contribution in [2.45, 2.75) is 204 Å². The van der Waals surface area contributed by atoms with E-state index in [1.165, 1.54) is 134 Å². The van der Waals surface area contributed by atoms with Crippen LogP contribution in [0.15, 0.2) is 76.4 Å². The summed E-state index contributed by atoms with van der Waals surface area (Å²) in [7, 11) is 0. The number of hydrogen-bond acceptors (Lipinski definition) is 8. The van der Waals surface area contributed by atoms with Crippen LogP contribution in [0.5, 0.6) is 0 Å². The fourth-order valence-corrected chi connectivity index (χ4v) is 27.5. The summed E-state index contributed by atoms with van der Waals surface area (Å²) >= 11 is 0. The molecule has 3 N–H and O–H groups in total. The second kappa shape index (κ2) is 16.4. The number of ether oxygens (including phenoxy) is 2. The second-order valence-electron chi connectivity index (χ2n) is 31.1. The summed E-state index contributed by atoms with van der Waals surface area (Å²) in [5.41, 5.74) is 12.8. The monoisotopic (exact) mass is 1070 g/mol. The lowest BCUT2D eigenvalue weighted by molar-refractivity contribution is -0.283. The molecule has 19 atom stereocenters. The van der Waals surface area contributed by atoms with Gasteiger partial charge in [-0.25, -0.2) is 4.79 Å². The highest BCUT2D eigenvalue weighted by atomic mass is 16.6. The summed E-state index contributed by atoms with van der Waals surface area (Å²) in [6.07, 6.45) is 42.5. The number of carbonyl (C=O) groups excluding carboxylic acids is 2. The van der Waals surface area contributed by atoms with E-state index >= 15 is 9.59 Å². The van der Waals surface area contributed by atoms with Gasteiger partial charge in [-0.15, -0.1) is 5.92 Å². The Morgan fingerprint density at radius 1 is 0.800 bits per heavy atom. The molecule has 18 aliphatic rings. The minimum atomic E-state index is -1.17. The van der Waals surface area contributed by atoms with Crippen LogP contribution in [0, 0.1) is 110 Å². The van der Waals surface area contributed by atoms with Gasteiger partial charge < -0.3 is 25.2 Å². The van der Waals surface area contributed by atoms with Crippen molar-refractivity contribution in [1.82, 2.24) is 9.80 Å². The standard InChI is InChI=1S/C72H87N3O5/c73-32-9-15-42-13-6-19-53-60(42)65(77)80-72(53)58-35-43(41-11-1-2-12-41)21-23-51-50-18-5-14-44-33-45-22-24-55-46-34-47-40-75(55)63(45)61(59(44)50)52-25-31-70(72)64(79-66(78)71(58,70)62(51)52)57(76)36-56-48-37-67(26-3-4-27-67)69(38-48)30-10-29-68(69)28-8-17-49(68)16-7-20-54(47)74(56)39-46/h5-6,13,18-19,21,23,41,43-44,46-51,54-56,58-59,61,76H,1-4,8-12,14-15,17,20,22,24-40,73H2. The van der Waals surface area contributed by atoms with E-state index in [0.29, 0.717) is 107 Å². The van der Waals surface area contributed by atoms with Crippen molar-refractivity contribution < 1.29 is 24.2 Å². The van der Waals surface area contributed by atoms with Gasteiger partial charge in [-0.3, -0.25) is 9.69 Å². The van der Waals surface area contributed by atoms with Crippen LogP contribution in [0.4, 0.5) is 0 Å². The number of aliphatic hydroxyl groups is 1. The van der Waals surface area contributed by atoms with Crippen LogP contribution >= 0.6 is 0 Å². The number of allylic oxidation sites excluding steroid dienone is 6. The number of nitrogens with zero attached hydrogens (tertiary/aromatic N) is 2. The number of benzene rings is 1. The number of rotatable bonds is 4. The van der Waals surface area contributed by atoms with Crippen molar-refractivity contribution >= 4 is 11.9 Å². The first-order valence-corrected chi connectivity index (χ1v) is 33.7. The van der Waals surface area contributed by atoms with Crippen molar-refractivity contribution in [3.05, 3.63) is 93.1 Å². The molecule has 6 spiro atoms. The molecule has 8 nitrogen and oxygen atoms in total. The molecule has 0 aromatic heterocycles. The van der Waals surface area contributed by atoms with E-state index in [1.54, 1.807) is 16.8 Å². The third kappa shape index (κ3) is 5.40. The fourth-order valence-electron chi connectivity index (χ4n) is 27.5. The number of aryl methyl sites for hydroxylation is 1. The average molecular weight is 1070 g/mol. The van der Waals surface area contributed by atoms with Gasteiger partial charge in [0.1, 0.15) is 11.2 Å². The molecular weight excluding hydrogens is 987 g/mol. The van der Waals surface area contributed by atoms with Crippen LogP contribution in [-0.4, -0.2) is 64.6 Å². The van der Waals surface area contributed by atoms with E-state index in [9.17, 15) is 5.11 Å². The van der Waals surface area contributed by atoms with E-state index in [0.717, 1.165) is 56.3 Å². The maximum absolute atomic E-state index is 17.0. The maximum atomic E-state index is 17.0. The summed E-state index contributed by atoms with van der Waals surface area (Å²) in [6, 6.07) is 7.43. The number of aliphatic hydroxyl groups excluding tert-OH is 1. The molecule has 7 heterocycles. The zero-order chi connectivity index (χ0) is 52.9. The molecule has 7 aliphatic heterocycles. The van der Waals surface area contributed by atoms with Gasteiger partial charge in [-0.1, -0.05) is 98.1 Å². The van der Waals surface area contributed by atoms with Crippen LogP contribution in [0.3, 0.4) is 0 Å². The number of piperidine rings is 2. The van der Waals surface area contributed by atoms with Crippen LogP contribution in [0.25, 0.3) is 0 Å².